The third-order valence-corrected chi connectivity index (χ3v) is 8.47. The third kappa shape index (κ3) is 5.18. The van der Waals surface area contributed by atoms with E-state index in [1.165, 1.54) is 5.56 Å². The van der Waals surface area contributed by atoms with Crippen LogP contribution in [0.2, 0.25) is 0 Å². The molecule has 0 amide bonds. The van der Waals surface area contributed by atoms with Gasteiger partial charge in [0, 0.05) is 44.9 Å². The quantitative estimate of drug-likeness (QED) is 0.184. The molecule has 7 aromatic carbocycles. The summed E-state index contributed by atoms with van der Waals surface area (Å²) in [7, 11) is 0. The summed E-state index contributed by atoms with van der Waals surface area (Å²) in [5.41, 5.74) is 12.0. The molecule has 0 fully saturated rings. The minimum Gasteiger partial charge on any atom is -0.456 e. The fourth-order valence-corrected chi connectivity index (χ4v) is 6.30. The molecule has 3 heteroatoms. The van der Waals surface area contributed by atoms with Crippen LogP contribution >= 0.6 is 0 Å². The van der Waals surface area contributed by atoms with E-state index in [1.807, 2.05) is 12.1 Å². The summed E-state index contributed by atoms with van der Waals surface area (Å²) in [5, 5.41) is 2.28. The van der Waals surface area contributed by atoms with Gasteiger partial charge in [-0.3, -0.25) is 0 Å². The number of rotatable bonds is 7. The van der Waals surface area contributed by atoms with Crippen LogP contribution in [0.4, 0.5) is 34.1 Å². The first-order valence-electron chi connectivity index (χ1n) is 15.6. The third-order valence-electron chi connectivity index (χ3n) is 8.47. The normalized spacial score (nSPS) is 11.2. The van der Waals surface area contributed by atoms with Gasteiger partial charge in [0.1, 0.15) is 11.2 Å². The lowest BCUT2D eigenvalue weighted by atomic mass is 10.0. The Hall–Kier alpha value is -6.06. The molecule has 1 aromatic heterocycles. The van der Waals surface area contributed by atoms with Crippen molar-refractivity contribution in [1.29, 1.82) is 0 Å². The molecular formula is C43H32N2O. The number of nitrogens with zero attached hydrogens (tertiary/aromatic N) is 2. The molecule has 0 radical (unpaired) electrons. The van der Waals surface area contributed by atoms with Gasteiger partial charge in [-0.1, -0.05) is 91.0 Å². The van der Waals surface area contributed by atoms with Crippen LogP contribution < -0.4 is 9.80 Å². The fourth-order valence-electron chi connectivity index (χ4n) is 6.30. The van der Waals surface area contributed by atoms with Crippen LogP contribution in [0.1, 0.15) is 5.56 Å². The highest BCUT2D eigenvalue weighted by atomic mass is 16.3. The molecular weight excluding hydrogens is 560 g/mol. The number of fused-ring (bicyclic) bond motifs is 3. The first-order chi connectivity index (χ1) is 22.7. The summed E-state index contributed by atoms with van der Waals surface area (Å²) in [6.45, 7) is 2.14. The van der Waals surface area contributed by atoms with Crippen LogP contribution in [-0.4, -0.2) is 0 Å². The Morgan fingerprint density at radius 1 is 0.348 bits per heavy atom. The standard InChI is InChI=1S/C43H32N2O/c1-31-12-10-17-37(28-31)45(39-19-11-18-38(30-39)44(34-13-4-2-5-14-34)35-15-6-3-7-16-35)36-25-22-32(23-26-36)33-24-27-43-41(29-33)40-20-8-9-21-42(40)46-43/h2-30H,1H3. The van der Waals surface area contributed by atoms with E-state index in [-0.39, 0.29) is 0 Å². The van der Waals surface area contributed by atoms with Crippen LogP contribution in [0.15, 0.2) is 180 Å². The Morgan fingerprint density at radius 2 is 0.848 bits per heavy atom. The zero-order valence-electron chi connectivity index (χ0n) is 25.5. The number of anilines is 6. The average molecular weight is 593 g/mol. The maximum atomic E-state index is 6.07. The molecule has 0 atom stereocenters. The number of para-hydroxylation sites is 3. The lowest BCUT2D eigenvalue weighted by molar-refractivity contribution is 0.669. The van der Waals surface area contributed by atoms with Gasteiger partial charge in [0.25, 0.3) is 0 Å². The lowest BCUT2D eigenvalue weighted by Crippen LogP contribution is -2.13. The maximum absolute atomic E-state index is 6.07. The smallest absolute Gasteiger partial charge is 0.135 e. The van der Waals surface area contributed by atoms with E-state index in [1.54, 1.807) is 0 Å². The molecule has 220 valence electrons. The Labute approximate surface area is 269 Å². The van der Waals surface area contributed by atoms with E-state index < -0.39 is 0 Å². The monoisotopic (exact) mass is 592 g/mol. The molecule has 0 spiro atoms. The lowest BCUT2D eigenvalue weighted by Gasteiger charge is -2.29. The summed E-state index contributed by atoms with van der Waals surface area (Å²) < 4.78 is 6.07. The van der Waals surface area contributed by atoms with Gasteiger partial charge in [0.05, 0.1) is 0 Å². The molecule has 0 aliphatic rings. The van der Waals surface area contributed by atoms with Gasteiger partial charge in [-0.2, -0.15) is 0 Å². The highest BCUT2D eigenvalue weighted by Gasteiger charge is 2.17. The van der Waals surface area contributed by atoms with Crippen LogP contribution in [0.25, 0.3) is 33.1 Å². The molecule has 0 unspecified atom stereocenters. The van der Waals surface area contributed by atoms with Gasteiger partial charge >= 0.3 is 0 Å². The van der Waals surface area contributed by atoms with Crippen molar-refractivity contribution in [2.45, 2.75) is 6.92 Å². The molecule has 8 aromatic rings. The Morgan fingerprint density at radius 3 is 1.52 bits per heavy atom. The Balaban J connectivity index is 1.21. The van der Waals surface area contributed by atoms with Crippen molar-refractivity contribution in [2.75, 3.05) is 9.80 Å². The molecule has 0 bridgehead atoms. The number of benzene rings is 7. The maximum Gasteiger partial charge on any atom is 0.135 e. The van der Waals surface area contributed by atoms with Gasteiger partial charge in [-0.15, -0.1) is 0 Å². The first-order valence-corrected chi connectivity index (χ1v) is 15.6. The van der Waals surface area contributed by atoms with Crippen molar-refractivity contribution >= 4 is 56.1 Å². The minimum atomic E-state index is 0.909. The van der Waals surface area contributed by atoms with E-state index in [9.17, 15) is 0 Å². The summed E-state index contributed by atoms with van der Waals surface area (Å²) in [5.74, 6) is 0. The second-order valence-electron chi connectivity index (χ2n) is 11.6. The second kappa shape index (κ2) is 11.8. The Kier molecular flexibility index (Phi) is 7.05. The van der Waals surface area contributed by atoms with Crippen molar-refractivity contribution in [1.82, 2.24) is 0 Å². The van der Waals surface area contributed by atoms with Gasteiger partial charge < -0.3 is 14.2 Å². The number of hydrogen-bond donors (Lipinski definition) is 0. The molecule has 0 saturated heterocycles. The van der Waals surface area contributed by atoms with Crippen LogP contribution in [0.3, 0.4) is 0 Å². The highest BCUT2D eigenvalue weighted by Crippen LogP contribution is 2.41. The largest absolute Gasteiger partial charge is 0.456 e. The average Bonchev–Trinajstić information content (AvgIpc) is 3.48. The van der Waals surface area contributed by atoms with Crippen LogP contribution in [0.5, 0.6) is 0 Å². The molecule has 3 nitrogen and oxygen atoms in total. The van der Waals surface area contributed by atoms with Crippen molar-refractivity contribution in [3.63, 3.8) is 0 Å². The van der Waals surface area contributed by atoms with E-state index in [0.717, 1.165) is 67.2 Å². The molecule has 46 heavy (non-hydrogen) atoms. The molecule has 0 aliphatic carbocycles. The summed E-state index contributed by atoms with van der Waals surface area (Å²) in [4.78, 5) is 4.64. The summed E-state index contributed by atoms with van der Waals surface area (Å²) in [6.07, 6.45) is 0. The minimum absolute atomic E-state index is 0.909. The van der Waals surface area contributed by atoms with Gasteiger partial charge in [-0.05, 0) is 109 Å². The van der Waals surface area contributed by atoms with Crippen LogP contribution in [0, 0.1) is 6.92 Å². The topological polar surface area (TPSA) is 19.6 Å². The Bertz CT molecular complexity index is 2230. The van der Waals surface area contributed by atoms with E-state index >= 15 is 0 Å². The molecule has 0 N–H and O–H groups in total. The SMILES string of the molecule is Cc1cccc(N(c2ccc(-c3ccc4oc5ccccc5c4c3)cc2)c2cccc(N(c3ccccc3)c3ccccc3)c2)c1. The van der Waals surface area contributed by atoms with Crippen molar-refractivity contribution < 1.29 is 4.42 Å². The van der Waals surface area contributed by atoms with E-state index in [4.69, 9.17) is 4.42 Å². The van der Waals surface area contributed by atoms with Gasteiger partial charge in [0.2, 0.25) is 0 Å². The fraction of sp³-hybridized carbons (Fsp3) is 0.0233. The predicted molar refractivity (Wildman–Crippen MR) is 193 cm³/mol. The van der Waals surface area contributed by atoms with E-state index in [0.29, 0.717) is 0 Å². The van der Waals surface area contributed by atoms with Crippen molar-refractivity contribution in [3.8, 4) is 11.1 Å². The second-order valence-corrected chi connectivity index (χ2v) is 11.6. The zero-order chi connectivity index (χ0) is 30.9. The van der Waals surface area contributed by atoms with Crippen molar-refractivity contribution in [3.05, 3.63) is 181 Å². The van der Waals surface area contributed by atoms with Gasteiger partial charge in [-0.25, -0.2) is 0 Å². The van der Waals surface area contributed by atoms with Crippen LogP contribution in [-0.2, 0) is 0 Å². The number of aryl methyl sites for hydroxylation is 1. The molecule has 0 saturated carbocycles. The first kappa shape index (κ1) is 27.5. The summed E-state index contributed by atoms with van der Waals surface area (Å²) >= 11 is 0. The van der Waals surface area contributed by atoms with Crippen molar-refractivity contribution in [2.24, 2.45) is 0 Å². The van der Waals surface area contributed by atoms with E-state index in [2.05, 4.69) is 181 Å². The molecule has 1 heterocycles. The number of hydrogen-bond acceptors (Lipinski definition) is 3. The molecule has 8 rings (SSSR count). The predicted octanol–water partition coefficient (Wildman–Crippen LogP) is 12.5. The highest BCUT2D eigenvalue weighted by molar-refractivity contribution is 6.06. The van der Waals surface area contributed by atoms with Gasteiger partial charge in [0.15, 0.2) is 0 Å². The summed E-state index contributed by atoms with van der Waals surface area (Å²) in [6, 6.07) is 62.1. The number of furan rings is 1. The zero-order valence-corrected chi connectivity index (χ0v) is 25.5. The molecule has 0 aliphatic heterocycles.